The smallest absolute Gasteiger partial charge is 0.272 e. The van der Waals surface area contributed by atoms with Crippen LogP contribution < -0.4 is 14.5 Å². The number of nitriles is 1. The van der Waals surface area contributed by atoms with E-state index in [1.54, 1.807) is 55.6 Å². The summed E-state index contributed by atoms with van der Waals surface area (Å²) in [5.74, 6) is 0.707. The highest BCUT2D eigenvalue weighted by Gasteiger charge is 2.15. The molecule has 7 heteroatoms. The molecule has 3 aromatic rings. The van der Waals surface area contributed by atoms with Crippen molar-refractivity contribution in [1.82, 2.24) is 15.1 Å². The van der Waals surface area contributed by atoms with Gasteiger partial charge in [0.2, 0.25) is 0 Å². The maximum Gasteiger partial charge on any atom is 0.272 e. The molecule has 0 aliphatic heterocycles. The first-order chi connectivity index (χ1) is 10.7. The molecular formula is C15H11N5O2. The van der Waals surface area contributed by atoms with Gasteiger partial charge in [0.25, 0.3) is 6.01 Å². The van der Waals surface area contributed by atoms with Crippen LogP contribution in [0, 0.1) is 11.3 Å². The molecule has 0 saturated heterocycles. The minimum Gasteiger partial charge on any atom is -0.816 e. The molecule has 0 atom stereocenters. The molecule has 0 fully saturated rings. The Hall–Kier alpha value is -3.40. The van der Waals surface area contributed by atoms with Crippen LogP contribution in [0.5, 0.6) is 11.8 Å². The molecule has 2 aromatic carbocycles. The number of methoxy groups -OCH3 is 1. The largest absolute Gasteiger partial charge is 0.816 e. The standard InChI is InChI=1S/C15H11N5O2/c1-22-14-8-6-13(7-9-14)20-17-15(21)19(18-20)12-4-2-11(10-16)3-5-12/h2-9H,1H3. The van der Waals surface area contributed by atoms with E-state index in [4.69, 9.17) is 10.00 Å². The summed E-state index contributed by atoms with van der Waals surface area (Å²) in [6, 6.07) is 15.1. The van der Waals surface area contributed by atoms with E-state index in [0.29, 0.717) is 22.7 Å². The van der Waals surface area contributed by atoms with Gasteiger partial charge in [-0.1, -0.05) is 0 Å². The third kappa shape index (κ3) is 2.45. The summed E-state index contributed by atoms with van der Waals surface area (Å²) in [6.07, 6.45) is 0. The molecule has 0 N–H and O–H groups in total. The third-order valence-corrected chi connectivity index (χ3v) is 3.08. The summed E-state index contributed by atoms with van der Waals surface area (Å²) in [6.45, 7) is 0. The van der Waals surface area contributed by atoms with E-state index in [9.17, 15) is 5.11 Å². The zero-order valence-electron chi connectivity index (χ0n) is 11.7. The second kappa shape index (κ2) is 5.54. The van der Waals surface area contributed by atoms with Gasteiger partial charge in [-0.05, 0) is 48.5 Å². The van der Waals surface area contributed by atoms with Crippen LogP contribution in [0.15, 0.2) is 48.5 Å². The lowest BCUT2D eigenvalue weighted by atomic mass is 10.2. The van der Waals surface area contributed by atoms with Crippen LogP contribution in [0.1, 0.15) is 5.56 Å². The van der Waals surface area contributed by atoms with Gasteiger partial charge in [-0.3, -0.25) is 0 Å². The molecule has 0 bridgehead atoms. The van der Waals surface area contributed by atoms with Crippen molar-refractivity contribution in [2.45, 2.75) is 0 Å². The van der Waals surface area contributed by atoms with E-state index in [-0.39, 0.29) is 0 Å². The number of hydrogen-bond donors (Lipinski definition) is 0. The number of nitrogens with zero attached hydrogens (tertiary/aromatic N) is 5. The van der Waals surface area contributed by atoms with Gasteiger partial charge in [-0.25, -0.2) is 0 Å². The van der Waals surface area contributed by atoms with E-state index in [1.165, 1.54) is 9.48 Å². The molecule has 3 rings (SSSR count). The number of aromatic nitrogens is 4. The average molecular weight is 293 g/mol. The Bertz CT molecular complexity index is 832. The monoisotopic (exact) mass is 293 g/mol. The summed E-state index contributed by atoms with van der Waals surface area (Å²) < 4.78 is 6.25. The van der Waals surface area contributed by atoms with E-state index >= 15 is 0 Å². The Morgan fingerprint density at radius 3 is 2.41 bits per heavy atom. The fourth-order valence-electron chi connectivity index (χ4n) is 1.93. The molecule has 108 valence electrons. The van der Waals surface area contributed by atoms with Crippen LogP contribution >= 0.6 is 0 Å². The molecule has 0 unspecified atom stereocenters. The van der Waals surface area contributed by atoms with E-state index in [1.807, 2.05) is 6.07 Å². The fraction of sp³-hybridized carbons (Fsp3) is 0.0667. The van der Waals surface area contributed by atoms with Gasteiger partial charge in [-0.2, -0.15) is 5.26 Å². The molecule has 0 spiro atoms. The van der Waals surface area contributed by atoms with Gasteiger partial charge in [0, 0.05) is 4.80 Å². The Labute approximate surface area is 126 Å². The average Bonchev–Trinajstić information content (AvgIpc) is 2.97. The Morgan fingerprint density at radius 1 is 1.14 bits per heavy atom. The summed E-state index contributed by atoms with van der Waals surface area (Å²) in [7, 11) is 1.58. The molecule has 7 nitrogen and oxygen atoms in total. The van der Waals surface area contributed by atoms with Crippen LogP contribution in [-0.2, 0) is 0 Å². The normalized spacial score (nSPS) is 10.2. The molecular weight excluding hydrogens is 282 g/mol. The summed E-state index contributed by atoms with van der Waals surface area (Å²) in [4.78, 5) is 1.25. The van der Waals surface area contributed by atoms with Crippen molar-refractivity contribution in [3.63, 3.8) is 0 Å². The molecule has 0 aliphatic rings. The predicted molar refractivity (Wildman–Crippen MR) is 73.6 cm³/mol. The van der Waals surface area contributed by atoms with Gasteiger partial charge in [0.15, 0.2) is 5.69 Å². The second-order valence-corrected chi connectivity index (χ2v) is 4.43. The van der Waals surface area contributed by atoms with Crippen LogP contribution in [0.25, 0.3) is 11.4 Å². The van der Waals surface area contributed by atoms with Crippen LogP contribution in [0.3, 0.4) is 0 Å². The second-order valence-electron chi connectivity index (χ2n) is 4.43. The minimum absolute atomic E-state index is 0.500. The maximum absolute atomic E-state index is 12.0. The predicted octanol–water partition coefficient (Wildman–Crippen LogP) is 0.498. The van der Waals surface area contributed by atoms with Crippen LogP contribution in [-0.4, -0.2) is 22.2 Å². The van der Waals surface area contributed by atoms with E-state index < -0.39 is 6.01 Å². The lowest BCUT2D eigenvalue weighted by Crippen LogP contribution is -2.36. The Morgan fingerprint density at radius 2 is 1.82 bits per heavy atom. The summed E-state index contributed by atoms with van der Waals surface area (Å²) >= 11 is 0. The SMILES string of the molecule is COc1ccc(-n2nc([O-])[n+](-c3ccc(C#N)cc3)n2)cc1. The zero-order valence-corrected chi connectivity index (χ0v) is 11.7. The maximum atomic E-state index is 12.0. The van der Waals surface area contributed by atoms with Gasteiger partial charge in [-0.15, -0.1) is 4.68 Å². The third-order valence-electron chi connectivity index (χ3n) is 3.08. The molecule has 0 radical (unpaired) electrons. The molecule has 1 heterocycles. The quantitative estimate of drug-likeness (QED) is 0.656. The number of ether oxygens (including phenoxy) is 1. The summed E-state index contributed by atoms with van der Waals surface area (Å²) in [5, 5.41) is 28.8. The van der Waals surface area contributed by atoms with Crippen molar-refractivity contribution in [2.24, 2.45) is 0 Å². The topological polar surface area (TPSA) is 90.7 Å². The van der Waals surface area contributed by atoms with Crippen molar-refractivity contribution in [3.8, 4) is 29.2 Å². The fourth-order valence-corrected chi connectivity index (χ4v) is 1.93. The summed E-state index contributed by atoms with van der Waals surface area (Å²) in [5.41, 5.74) is 1.70. The van der Waals surface area contributed by atoms with Crippen molar-refractivity contribution >= 4 is 0 Å². The number of hydrogen-bond acceptors (Lipinski definition) is 5. The van der Waals surface area contributed by atoms with Crippen molar-refractivity contribution in [3.05, 3.63) is 54.1 Å². The molecule has 0 aliphatic carbocycles. The lowest BCUT2D eigenvalue weighted by Gasteiger charge is -1.98. The van der Waals surface area contributed by atoms with E-state index in [0.717, 1.165) is 0 Å². The first-order valence-electron chi connectivity index (χ1n) is 6.43. The van der Waals surface area contributed by atoms with Gasteiger partial charge < -0.3 is 9.84 Å². The van der Waals surface area contributed by atoms with Gasteiger partial charge in [0.1, 0.15) is 11.4 Å². The van der Waals surface area contributed by atoms with E-state index in [2.05, 4.69) is 10.3 Å². The zero-order chi connectivity index (χ0) is 15.5. The first-order valence-corrected chi connectivity index (χ1v) is 6.43. The highest BCUT2D eigenvalue weighted by molar-refractivity contribution is 5.36. The van der Waals surface area contributed by atoms with Gasteiger partial charge in [0.05, 0.1) is 29.1 Å². The molecule has 0 saturated carbocycles. The Kier molecular flexibility index (Phi) is 3.42. The minimum atomic E-state index is -0.500. The highest BCUT2D eigenvalue weighted by Crippen LogP contribution is 2.13. The number of rotatable bonds is 3. The highest BCUT2D eigenvalue weighted by atomic mass is 16.5. The lowest BCUT2D eigenvalue weighted by molar-refractivity contribution is -0.704. The van der Waals surface area contributed by atoms with Crippen molar-refractivity contribution in [1.29, 1.82) is 5.26 Å². The molecule has 22 heavy (non-hydrogen) atoms. The van der Waals surface area contributed by atoms with Gasteiger partial charge >= 0.3 is 0 Å². The van der Waals surface area contributed by atoms with Crippen LogP contribution in [0.2, 0.25) is 0 Å². The van der Waals surface area contributed by atoms with Crippen molar-refractivity contribution in [2.75, 3.05) is 7.11 Å². The van der Waals surface area contributed by atoms with Crippen molar-refractivity contribution < 1.29 is 14.5 Å². The molecule has 0 amide bonds. The Balaban J connectivity index is 1.97. The van der Waals surface area contributed by atoms with Crippen LogP contribution in [0.4, 0.5) is 0 Å². The molecule has 1 aromatic heterocycles. The number of tetrazole rings is 1. The number of benzene rings is 2. The first kappa shape index (κ1) is 13.6.